The molecule has 1 atom stereocenters. The molecule has 2 nitrogen and oxygen atoms in total. The van der Waals surface area contributed by atoms with Crippen LogP contribution in [-0.2, 0) is 15.9 Å². The lowest BCUT2D eigenvalue weighted by molar-refractivity contribution is -0.00396. The number of aryl methyl sites for hydroxylation is 1. The van der Waals surface area contributed by atoms with E-state index in [4.69, 9.17) is 9.47 Å². The van der Waals surface area contributed by atoms with Gasteiger partial charge in [0.15, 0.2) is 0 Å². The molecule has 90 valence electrons. The van der Waals surface area contributed by atoms with Gasteiger partial charge >= 0.3 is 0 Å². The van der Waals surface area contributed by atoms with Crippen molar-refractivity contribution in [1.29, 1.82) is 0 Å². The molecule has 0 fully saturated rings. The lowest BCUT2D eigenvalue weighted by atomic mass is 10.1. The molecular formula is C14H22O2. The fraction of sp³-hybridized carbons (Fsp3) is 0.571. The summed E-state index contributed by atoms with van der Waals surface area (Å²) in [4.78, 5) is 0. The van der Waals surface area contributed by atoms with Crippen molar-refractivity contribution in [3.8, 4) is 0 Å². The number of hydrogen-bond donors (Lipinski definition) is 0. The van der Waals surface area contributed by atoms with Crippen LogP contribution in [0.15, 0.2) is 30.3 Å². The molecule has 0 saturated heterocycles. The zero-order chi connectivity index (χ0) is 11.6. The van der Waals surface area contributed by atoms with Gasteiger partial charge in [0.25, 0.3) is 0 Å². The maximum atomic E-state index is 5.64. The molecule has 1 aromatic carbocycles. The van der Waals surface area contributed by atoms with Gasteiger partial charge in [-0.15, -0.1) is 0 Å². The normalized spacial score (nSPS) is 12.6. The summed E-state index contributed by atoms with van der Waals surface area (Å²) < 4.78 is 10.9. The minimum absolute atomic E-state index is 0.204. The van der Waals surface area contributed by atoms with Crippen molar-refractivity contribution in [3.63, 3.8) is 0 Å². The first-order chi connectivity index (χ1) is 7.83. The maximum Gasteiger partial charge on any atom is 0.0780 e. The fourth-order valence-corrected chi connectivity index (χ4v) is 1.54. The third-order valence-electron chi connectivity index (χ3n) is 2.41. The second-order valence-electron chi connectivity index (χ2n) is 3.93. The minimum Gasteiger partial charge on any atom is -0.379 e. The molecule has 0 N–H and O–H groups in total. The van der Waals surface area contributed by atoms with E-state index in [1.54, 1.807) is 0 Å². The van der Waals surface area contributed by atoms with Crippen molar-refractivity contribution in [2.75, 3.05) is 19.8 Å². The smallest absolute Gasteiger partial charge is 0.0780 e. The third-order valence-corrected chi connectivity index (χ3v) is 2.41. The summed E-state index contributed by atoms with van der Waals surface area (Å²) in [5.41, 5.74) is 1.38. The van der Waals surface area contributed by atoms with Gasteiger partial charge in [-0.1, -0.05) is 30.3 Å². The van der Waals surface area contributed by atoms with Gasteiger partial charge in [-0.3, -0.25) is 0 Å². The lowest BCUT2D eigenvalue weighted by Crippen LogP contribution is -2.16. The molecule has 0 spiro atoms. The number of benzene rings is 1. The van der Waals surface area contributed by atoms with Gasteiger partial charge in [0, 0.05) is 13.2 Å². The number of ether oxygens (including phenoxy) is 2. The molecule has 16 heavy (non-hydrogen) atoms. The summed E-state index contributed by atoms with van der Waals surface area (Å²) in [6.07, 6.45) is 2.36. The molecule has 0 bridgehead atoms. The molecule has 1 unspecified atom stereocenters. The molecule has 1 rings (SSSR count). The Kier molecular flexibility index (Phi) is 6.86. The maximum absolute atomic E-state index is 5.64. The van der Waals surface area contributed by atoms with E-state index in [1.807, 2.05) is 13.0 Å². The molecule has 0 aliphatic rings. The van der Waals surface area contributed by atoms with Gasteiger partial charge in [0.2, 0.25) is 0 Å². The van der Waals surface area contributed by atoms with E-state index in [-0.39, 0.29) is 6.10 Å². The highest BCUT2D eigenvalue weighted by atomic mass is 16.5. The molecule has 2 heteroatoms. The summed E-state index contributed by atoms with van der Waals surface area (Å²) in [6, 6.07) is 10.5. The van der Waals surface area contributed by atoms with E-state index in [0.717, 1.165) is 26.1 Å². The van der Waals surface area contributed by atoms with Crippen molar-refractivity contribution in [1.82, 2.24) is 0 Å². The average molecular weight is 222 g/mol. The first-order valence-electron chi connectivity index (χ1n) is 6.06. The zero-order valence-electron chi connectivity index (χ0n) is 10.3. The van der Waals surface area contributed by atoms with Crippen molar-refractivity contribution in [2.24, 2.45) is 0 Å². The molecule has 0 radical (unpaired) electrons. The monoisotopic (exact) mass is 222 g/mol. The fourth-order valence-electron chi connectivity index (χ4n) is 1.54. The van der Waals surface area contributed by atoms with Crippen LogP contribution in [0, 0.1) is 0 Å². The molecule has 1 aromatic rings. The van der Waals surface area contributed by atoms with Gasteiger partial charge in [-0.25, -0.2) is 0 Å². The highest BCUT2D eigenvalue weighted by Gasteiger charge is 2.01. The Balaban J connectivity index is 2.03. The lowest BCUT2D eigenvalue weighted by Gasteiger charge is -2.12. The Hall–Kier alpha value is -0.860. The predicted octanol–water partition coefficient (Wildman–Crippen LogP) is 3.06. The topological polar surface area (TPSA) is 18.5 Å². The first-order valence-corrected chi connectivity index (χ1v) is 6.06. The van der Waals surface area contributed by atoms with Crippen LogP contribution >= 0.6 is 0 Å². The summed E-state index contributed by atoms with van der Waals surface area (Å²) in [5.74, 6) is 0. The van der Waals surface area contributed by atoms with E-state index in [2.05, 4.69) is 31.2 Å². The SMILES string of the molecule is CCOCC(C)OCCCc1ccccc1. The van der Waals surface area contributed by atoms with Crippen LogP contribution in [-0.4, -0.2) is 25.9 Å². The molecule has 0 aromatic heterocycles. The number of rotatable bonds is 8. The van der Waals surface area contributed by atoms with Crippen LogP contribution in [0.25, 0.3) is 0 Å². The van der Waals surface area contributed by atoms with Gasteiger partial charge in [-0.2, -0.15) is 0 Å². The Morgan fingerprint density at radius 3 is 2.62 bits per heavy atom. The molecular weight excluding hydrogens is 200 g/mol. The van der Waals surface area contributed by atoms with E-state index in [9.17, 15) is 0 Å². The van der Waals surface area contributed by atoms with Gasteiger partial charge in [-0.05, 0) is 32.3 Å². The molecule has 0 aliphatic heterocycles. The van der Waals surface area contributed by atoms with Crippen molar-refractivity contribution in [2.45, 2.75) is 32.8 Å². The predicted molar refractivity (Wildman–Crippen MR) is 66.7 cm³/mol. The van der Waals surface area contributed by atoms with Gasteiger partial charge in [0.1, 0.15) is 0 Å². The minimum atomic E-state index is 0.204. The van der Waals surface area contributed by atoms with Crippen molar-refractivity contribution >= 4 is 0 Å². The van der Waals surface area contributed by atoms with E-state index >= 15 is 0 Å². The van der Waals surface area contributed by atoms with Crippen LogP contribution in [0.4, 0.5) is 0 Å². The molecule has 0 heterocycles. The summed E-state index contributed by atoms with van der Waals surface area (Å²) in [5, 5.41) is 0. The second kappa shape index (κ2) is 8.31. The van der Waals surface area contributed by atoms with E-state index in [0.29, 0.717) is 6.61 Å². The Morgan fingerprint density at radius 2 is 1.94 bits per heavy atom. The average Bonchev–Trinajstić information content (AvgIpc) is 2.33. The highest BCUT2D eigenvalue weighted by molar-refractivity contribution is 5.14. The van der Waals surface area contributed by atoms with Crippen LogP contribution in [0.5, 0.6) is 0 Å². The zero-order valence-corrected chi connectivity index (χ0v) is 10.3. The van der Waals surface area contributed by atoms with Crippen LogP contribution < -0.4 is 0 Å². The summed E-state index contributed by atoms with van der Waals surface area (Å²) in [6.45, 7) is 6.32. The Bertz CT molecular complexity index is 259. The summed E-state index contributed by atoms with van der Waals surface area (Å²) in [7, 11) is 0. The summed E-state index contributed by atoms with van der Waals surface area (Å²) >= 11 is 0. The largest absolute Gasteiger partial charge is 0.379 e. The number of hydrogen-bond acceptors (Lipinski definition) is 2. The molecule has 0 saturated carbocycles. The van der Waals surface area contributed by atoms with Crippen molar-refractivity contribution in [3.05, 3.63) is 35.9 Å². The Morgan fingerprint density at radius 1 is 1.19 bits per heavy atom. The van der Waals surface area contributed by atoms with E-state index < -0.39 is 0 Å². The van der Waals surface area contributed by atoms with Crippen LogP contribution in [0.1, 0.15) is 25.8 Å². The Labute approximate surface area is 98.6 Å². The van der Waals surface area contributed by atoms with Crippen LogP contribution in [0.2, 0.25) is 0 Å². The third kappa shape index (κ3) is 5.89. The molecule has 0 aliphatic carbocycles. The first kappa shape index (κ1) is 13.2. The van der Waals surface area contributed by atoms with Gasteiger partial charge < -0.3 is 9.47 Å². The highest BCUT2D eigenvalue weighted by Crippen LogP contribution is 2.03. The molecule has 0 amide bonds. The quantitative estimate of drug-likeness (QED) is 0.629. The van der Waals surface area contributed by atoms with Gasteiger partial charge in [0.05, 0.1) is 12.7 Å². The van der Waals surface area contributed by atoms with E-state index in [1.165, 1.54) is 5.56 Å². The van der Waals surface area contributed by atoms with Crippen molar-refractivity contribution < 1.29 is 9.47 Å². The standard InChI is InChI=1S/C14H22O2/c1-3-15-12-13(2)16-11-7-10-14-8-5-4-6-9-14/h4-6,8-9,13H,3,7,10-12H2,1-2H3. The van der Waals surface area contributed by atoms with Crippen LogP contribution in [0.3, 0.4) is 0 Å². The second-order valence-corrected chi connectivity index (χ2v) is 3.93.